The molecule has 1 fully saturated rings. The molecule has 162 valence electrons. The van der Waals surface area contributed by atoms with E-state index >= 15 is 0 Å². The summed E-state index contributed by atoms with van der Waals surface area (Å²) in [6, 6.07) is 18.3. The number of carbonyl (C=O) groups is 1. The van der Waals surface area contributed by atoms with Crippen molar-refractivity contribution in [3.05, 3.63) is 66.4 Å². The third-order valence-corrected chi connectivity index (χ3v) is 5.52. The van der Waals surface area contributed by atoms with Crippen LogP contribution in [0.15, 0.2) is 60.8 Å². The van der Waals surface area contributed by atoms with E-state index in [-0.39, 0.29) is 12.0 Å². The molecule has 1 aliphatic heterocycles. The van der Waals surface area contributed by atoms with Crippen LogP contribution in [0.1, 0.15) is 26.3 Å². The molecule has 6 heteroatoms. The second-order valence-electron chi connectivity index (χ2n) is 8.26. The summed E-state index contributed by atoms with van der Waals surface area (Å²) in [5, 5.41) is 4.93. The van der Waals surface area contributed by atoms with Crippen molar-refractivity contribution >= 4 is 5.91 Å². The maximum atomic E-state index is 11.6. The van der Waals surface area contributed by atoms with Gasteiger partial charge in [0.05, 0.1) is 17.5 Å². The molecule has 1 amide bonds. The Bertz CT molecular complexity index is 1000. The summed E-state index contributed by atoms with van der Waals surface area (Å²) in [5.41, 5.74) is 4.27. The zero-order chi connectivity index (χ0) is 21.8. The number of nitrogens with zero attached hydrogens (tertiary/aromatic N) is 4. The van der Waals surface area contributed by atoms with E-state index in [0.717, 1.165) is 55.4 Å². The minimum absolute atomic E-state index is 0.146. The van der Waals surface area contributed by atoms with E-state index in [0.29, 0.717) is 0 Å². The van der Waals surface area contributed by atoms with Crippen molar-refractivity contribution < 1.29 is 9.53 Å². The molecule has 2 aromatic carbocycles. The van der Waals surface area contributed by atoms with Crippen LogP contribution in [0.25, 0.3) is 16.9 Å². The van der Waals surface area contributed by atoms with Crippen molar-refractivity contribution in [2.45, 2.75) is 33.4 Å². The second kappa shape index (κ2) is 9.35. The molecular weight excluding hydrogens is 388 g/mol. The molecule has 0 bridgehead atoms. The molecular formula is C25H30N4O2. The number of benzene rings is 2. The predicted octanol–water partition coefficient (Wildman–Crippen LogP) is 3.99. The van der Waals surface area contributed by atoms with Crippen LogP contribution in [0.5, 0.6) is 5.75 Å². The summed E-state index contributed by atoms with van der Waals surface area (Å²) in [4.78, 5) is 16.0. The number of aromatic nitrogens is 2. The number of ether oxygens (including phenoxy) is 1. The molecule has 1 saturated heterocycles. The molecule has 0 aliphatic carbocycles. The summed E-state index contributed by atoms with van der Waals surface area (Å²) in [7, 11) is 0. The lowest BCUT2D eigenvalue weighted by Gasteiger charge is -2.34. The predicted molar refractivity (Wildman–Crippen MR) is 122 cm³/mol. The highest BCUT2D eigenvalue weighted by Crippen LogP contribution is 2.27. The number of para-hydroxylation sites is 1. The lowest BCUT2D eigenvalue weighted by molar-refractivity contribution is -0.130. The van der Waals surface area contributed by atoms with Gasteiger partial charge in [-0.15, -0.1) is 0 Å². The van der Waals surface area contributed by atoms with E-state index in [1.54, 1.807) is 6.92 Å². The van der Waals surface area contributed by atoms with Gasteiger partial charge in [0.2, 0.25) is 5.91 Å². The van der Waals surface area contributed by atoms with Gasteiger partial charge in [0.15, 0.2) is 0 Å². The number of hydrogen-bond acceptors (Lipinski definition) is 4. The normalized spacial score (nSPS) is 14.8. The Morgan fingerprint density at radius 3 is 2.29 bits per heavy atom. The second-order valence-corrected chi connectivity index (χ2v) is 8.26. The standard InChI is InChI=1S/C25H30N4O2/c1-19(2)31-24-11-9-21(10-12-24)25-22(17-27-13-15-28(16-14-27)20(3)30)18-29(26-25)23-7-5-4-6-8-23/h4-12,18-19H,13-17H2,1-3H3. The Kier molecular flexibility index (Phi) is 6.37. The summed E-state index contributed by atoms with van der Waals surface area (Å²) in [6.07, 6.45) is 2.27. The van der Waals surface area contributed by atoms with E-state index in [2.05, 4.69) is 35.4 Å². The van der Waals surface area contributed by atoms with Crippen LogP contribution in [-0.2, 0) is 11.3 Å². The SMILES string of the molecule is CC(=O)N1CCN(Cc2cn(-c3ccccc3)nc2-c2ccc(OC(C)C)cc2)CC1. The van der Waals surface area contributed by atoms with Gasteiger partial charge >= 0.3 is 0 Å². The summed E-state index contributed by atoms with van der Waals surface area (Å²) < 4.78 is 7.75. The van der Waals surface area contributed by atoms with Crippen LogP contribution < -0.4 is 4.74 Å². The molecule has 1 aromatic heterocycles. The van der Waals surface area contributed by atoms with Gasteiger partial charge in [-0.3, -0.25) is 9.69 Å². The third kappa shape index (κ3) is 5.14. The first-order chi connectivity index (χ1) is 15.0. The van der Waals surface area contributed by atoms with E-state index in [4.69, 9.17) is 9.84 Å². The molecule has 0 radical (unpaired) electrons. The first-order valence-electron chi connectivity index (χ1n) is 10.9. The fraction of sp³-hybridized carbons (Fsp3) is 0.360. The van der Waals surface area contributed by atoms with Crippen LogP contribution in [0.3, 0.4) is 0 Å². The minimum Gasteiger partial charge on any atom is -0.491 e. The fourth-order valence-corrected chi connectivity index (χ4v) is 3.91. The van der Waals surface area contributed by atoms with Crippen LogP contribution in [-0.4, -0.2) is 57.8 Å². The van der Waals surface area contributed by atoms with E-state index in [1.165, 1.54) is 5.56 Å². The molecule has 0 saturated carbocycles. The Balaban J connectivity index is 1.60. The summed E-state index contributed by atoms with van der Waals surface area (Å²) in [6.45, 7) is 9.80. The van der Waals surface area contributed by atoms with Gasteiger partial charge in [-0.2, -0.15) is 5.10 Å². The highest BCUT2D eigenvalue weighted by molar-refractivity contribution is 5.73. The number of carbonyl (C=O) groups excluding carboxylic acids is 1. The van der Waals surface area contributed by atoms with Gasteiger partial charge in [0.25, 0.3) is 0 Å². The number of rotatable bonds is 6. The van der Waals surface area contributed by atoms with E-state index in [9.17, 15) is 4.79 Å². The van der Waals surface area contributed by atoms with Crippen molar-refractivity contribution in [3.63, 3.8) is 0 Å². The van der Waals surface area contributed by atoms with Crippen LogP contribution in [0.4, 0.5) is 0 Å². The Labute approximate surface area is 184 Å². The smallest absolute Gasteiger partial charge is 0.219 e. The molecule has 31 heavy (non-hydrogen) atoms. The topological polar surface area (TPSA) is 50.6 Å². The third-order valence-electron chi connectivity index (χ3n) is 5.52. The fourth-order valence-electron chi connectivity index (χ4n) is 3.91. The molecule has 4 rings (SSSR count). The summed E-state index contributed by atoms with van der Waals surface area (Å²) in [5.74, 6) is 1.02. The zero-order valence-electron chi connectivity index (χ0n) is 18.5. The van der Waals surface area contributed by atoms with Crippen molar-refractivity contribution in [2.24, 2.45) is 0 Å². The first-order valence-corrected chi connectivity index (χ1v) is 10.9. The Hall–Kier alpha value is -3.12. The Morgan fingerprint density at radius 1 is 1.00 bits per heavy atom. The largest absolute Gasteiger partial charge is 0.491 e. The number of hydrogen-bond donors (Lipinski definition) is 0. The molecule has 0 spiro atoms. The average Bonchev–Trinajstić information content (AvgIpc) is 3.18. The average molecular weight is 419 g/mol. The molecule has 6 nitrogen and oxygen atoms in total. The highest BCUT2D eigenvalue weighted by Gasteiger charge is 2.21. The number of piperazine rings is 1. The van der Waals surface area contributed by atoms with Gasteiger partial charge in [-0.1, -0.05) is 18.2 Å². The van der Waals surface area contributed by atoms with Crippen molar-refractivity contribution in [1.82, 2.24) is 19.6 Å². The zero-order valence-corrected chi connectivity index (χ0v) is 18.5. The molecule has 0 unspecified atom stereocenters. The maximum absolute atomic E-state index is 11.6. The van der Waals surface area contributed by atoms with Gasteiger partial charge in [0, 0.05) is 57.0 Å². The molecule has 3 aromatic rings. The van der Waals surface area contributed by atoms with Gasteiger partial charge < -0.3 is 9.64 Å². The van der Waals surface area contributed by atoms with Crippen molar-refractivity contribution in [1.29, 1.82) is 0 Å². The van der Waals surface area contributed by atoms with Gasteiger partial charge in [0.1, 0.15) is 5.75 Å². The monoisotopic (exact) mass is 418 g/mol. The van der Waals surface area contributed by atoms with Gasteiger partial charge in [-0.25, -0.2) is 4.68 Å². The van der Waals surface area contributed by atoms with Crippen LogP contribution >= 0.6 is 0 Å². The lowest BCUT2D eigenvalue weighted by Crippen LogP contribution is -2.47. The molecule has 1 aliphatic rings. The Morgan fingerprint density at radius 2 is 1.68 bits per heavy atom. The van der Waals surface area contributed by atoms with E-state index < -0.39 is 0 Å². The van der Waals surface area contributed by atoms with Crippen molar-refractivity contribution in [3.8, 4) is 22.7 Å². The summed E-state index contributed by atoms with van der Waals surface area (Å²) >= 11 is 0. The molecule has 0 N–H and O–H groups in total. The van der Waals surface area contributed by atoms with Crippen LogP contribution in [0.2, 0.25) is 0 Å². The first kappa shape index (κ1) is 21.1. The van der Waals surface area contributed by atoms with Crippen LogP contribution in [0, 0.1) is 0 Å². The molecule has 0 atom stereocenters. The maximum Gasteiger partial charge on any atom is 0.219 e. The molecule has 2 heterocycles. The van der Waals surface area contributed by atoms with Crippen molar-refractivity contribution in [2.75, 3.05) is 26.2 Å². The lowest BCUT2D eigenvalue weighted by atomic mass is 10.1. The number of amides is 1. The minimum atomic E-state index is 0.146. The van der Waals surface area contributed by atoms with Gasteiger partial charge in [-0.05, 0) is 50.2 Å². The quantitative estimate of drug-likeness (QED) is 0.607. The highest BCUT2D eigenvalue weighted by atomic mass is 16.5. The van der Waals surface area contributed by atoms with E-state index in [1.807, 2.05) is 53.8 Å².